The number of benzene rings is 2. The van der Waals surface area contributed by atoms with Crippen molar-refractivity contribution in [2.75, 3.05) is 13.1 Å². The molecule has 0 amide bonds. The predicted octanol–water partition coefficient (Wildman–Crippen LogP) is 4.74. The first kappa shape index (κ1) is 20.7. The van der Waals surface area contributed by atoms with E-state index in [0.29, 0.717) is 21.9 Å². The molecular formula is C21H22ClNO4. The fraction of sp³-hybridized carbons (Fsp3) is 0.238. The van der Waals surface area contributed by atoms with Crippen LogP contribution in [0.4, 0.5) is 0 Å². The van der Waals surface area contributed by atoms with E-state index in [9.17, 15) is 14.7 Å². The SMILES string of the molecule is CCNCC.Cc1c(-c2ccc(Cl)cc2)oc2c(C(=O)O)cccc2c1=O. The zero-order valence-electron chi connectivity index (χ0n) is 15.5. The van der Waals surface area contributed by atoms with E-state index in [4.69, 9.17) is 16.0 Å². The average Bonchev–Trinajstić information content (AvgIpc) is 2.66. The Hall–Kier alpha value is -2.63. The number of nitrogens with one attached hydrogen (secondary N) is 1. The van der Waals surface area contributed by atoms with Gasteiger partial charge in [0.1, 0.15) is 11.3 Å². The van der Waals surface area contributed by atoms with Gasteiger partial charge in [-0.3, -0.25) is 4.79 Å². The fourth-order valence-electron chi connectivity index (χ4n) is 2.60. The van der Waals surface area contributed by atoms with E-state index in [1.807, 2.05) is 0 Å². The minimum atomic E-state index is -1.14. The largest absolute Gasteiger partial charge is 0.478 e. The molecule has 0 bridgehead atoms. The molecule has 5 nitrogen and oxygen atoms in total. The summed E-state index contributed by atoms with van der Waals surface area (Å²) in [4.78, 5) is 23.8. The summed E-state index contributed by atoms with van der Waals surface area (Å²) in [6, 6.07) is 11.3. The second kappa shape index (κ2) is 9.35. The standard InChI is InChI=1S/C17H11ClO4.C4H11N/c1-9-14(19)12-3-2-4-13(17(20)21)16(12)22-15(9)10-5-7-11(18)8-6-10;1-3-5-4-2/h2-8H,1H3,(H,20,21);5H,3-4H2,1-2H3. The first-order valence-electron chi connectivity index (χ1n) is 8.67. The smallest absolute Gasteiger partial charge is 0.339 e. The molecule has 2 N–H and O–H groups in total. The van der Waals surface area contributed by atoms with Crippen LogP contribution in [0.3, 0.4) is 0 Å². The lowest BCUT2D eigenvalue weighted by atomic mass is 10.0. The van der Waals surface area contributed by atoms with E-state index in [1.165, 1.54) is 12.1 Å². The number of aromatic carboxylic acids is 1. The molecule has 0 aliphatic heterocycles. The maximum Gasteiger partial charge on any atom is 0.339 e. The maximum absolute atomic E-state index is 12.5. The molecule has 0 aliphatic rings. The van der Waals surface area contributed by atoms with Crippen LogP contribution in [0, 0.1) is 6.92 Å². The molecule has 27 heavy (non-hydrogen) atoms. The summed E-state index contributed by atoms with van der Waals surface area (Å²) < 4.78 is 5.77. The van der Waals surface area contributed by atoms with Crippen LogP contribution in [0.5, 0.6) is 0 Å². The summed E-state index contributed by atoms with van der Waals surface area (Å²) in [6.45, 7) is 8.04. The van der Waals surface area contributed by atoms with Gasteiger partial charge in [-0.2, -0.15) is 0 Å². The van der Waals surface area contributed by atoms with E-state index >= 15 is 0 Å². The lowest BCUT2D eigenvalue weighted by molar-refractivity contribution is 0.0698. The Bertz CT molecular complexity index is 991. The van der Waals surface area contributed by atoms with Crippen LogP contribution >= 0.6 is 11.6 Å². The van der Waals surface area contributed by atoms with Crippen LogP contribution in [-0.4, -0.2) is 24.2 Å². The number of para-hydroxylation sites is 1. The second-order valence-electron chi connectivity index (χ2n) is 5.84. The first-order chi connectivity index (χ1) is 12.9. The third-order valence-corrected chi connectivity index (χ3v) is 4.23. The number of hydrogen-bond donors (Lipinski definition) is 2. The van der Waals surface area contributed by atoms with E-state index in [1.54, 1.807) is 37.3 Å². The van der Waals surface area contributed by atoms with Gasteiger partial charge in [0.15, 0.2) is 11.0 Å². The van der Waals surface area contributed by atoms with Crippen molar-refractivity contribution >= 4 is 28.5 Å². The molecule has 1 heterocycles. The van der Waals surface area contributed by atoms with Crippen molar-refractivity contribution in [3.05, 3.63) is 68.8 Å². The Morgan fingerprint density at radius 3 is 2.26 bits per heavy atom. The molecule has 0 unspecified atom stereocenters. The van der Waals surface area contributed by atoms with Gasteiger partial charge in [-0.05, 0) is 56.4 Å². The minimum Gasteiger partial charge on any atom is -0.478 e. The molecule has 3 aromatic rings. The Kier molecular flexibility index (Phi) is 7.16. The third-order valence-electron chi connectivity index (χ3n) is 3.98. The molecular weight excluding hydrogens is 366 g/mol. The van der Waals surface area contributed by atoms with Gasteiger partial charge in [0.25, 0.3) is 0 Å². The van der Waals surface area contributed by atoms with Crippen LogP contribution in [0.2, 0.25) is 5.02 Å². The van der Waals surface area contributed by atoms with Crippen LogP contribution in [0.25, 0.3) is 22.3 Å². The number of carbonyl (C=O) groups is 1. The highest BCUT2D eigenvalue weighted by Gasteiger charge is 2.17. The van der Waals surface area contributed by atoms with Gasteiger partial charge < -0.3 is 14.8 Å². The van der Waals surface area contributed by atoms with E-state index in [2.05, 4.69) is 19.2 Å². The summed E-state index contributed by atoms with van der Waals surface area (Å²) in [7, 11) is 0. The van der Waals surface area contributed by atoms with Crippen LogP contribution in [0.15, 0.2) is 51.7 Å². The summed E-state index contributed by atoms with van der Waals surface area (Å²) in [5, 5.41) is 13.2. The van der Waals surface area contributed by atoms with Crippen molar-refractivity contribution < 1.29 is 14.3 Å². The molecule has 3 rings (SSSR count). The van der Waals surface area contributed by atoms with E-state index in [-0.39, 0.29) is 22.0 Å². The summed E-state index contributed by atoms with van der Waals surface area (Å²) >= 11 is 5.86. The van der Waals surface area contributed by atoms with Gasteiger partial charge in [-0.15, -0.1) is 0 Å². The molecule has 0 fully saturated rings. The molecule has 1 aromatic heterocycles. The molecule has 0 spiro atoms. The third kappa shape index (κ3) is 4.76. The van der Waals surface area contributed by atoms with E-state index in [0.717, 1.165) is 13.1 Å². The van der Waals surface area contributed by atoms with Crippen molar-refractivity contribution in [3.63, 3.8) is 0 Å². The zero-order chi connectivity index (χ0) is 20.0. The second-order valence-corrected chi connectivity index (χ2v) is 6.27. The number of rotatable bonds is 4. The molecule has 0 atom stereocenters. The lowest BCUT2D eigenvalue weighted by Gasteiger charge is -2.08. The Balaban J connectivity index is 0.000000465. The van der Waals surface area contributed by atoms with Crippen LogP contribution in [-0.2, 0) is 0 Å². The molecule has 0 radical (unpaired) electrons. The topological polar surface area (TPSA) is 79.5 Å². The first-order valence-corrected chi connectivity index (χ1v) is 9.04. The number of halogens is 1. The highest BCUT2D eigenvalue weighted by molar-refractivity contribution is 6.30. The van der Waals surface area contributed by atoms with Crippen molar-refractivity contribution in [1.29, 1.82) is 0 Å². The molecule has 0 aliphatic carbocycles. The Morgan fingerprint density at radius 1 is 1.11 bits per heavy atom. The number of carboxylic acid groups (broad SMARTS) is 1. The fourth-order valence-corrected chi connectivity index (χ4v) is 2.73. The number of fused-ring (bicyclic) bond motifs is 1. The summed E-state index contributed by atoms with van der Waals surface area (Å²) in [5.41, 5.74) is 0.896. The van der Waals surface area contributed by atoms with Crippen molar-refractivity contribution in [2.24, 2.45) is 0 Å². The number of hydrogen-bond acceptors (Lipinski definition) is 4. The van der Waals surface area contributed by atoms with Gasteiger partial charge in [0.2, 0.25) is 0 Å². The maximum atomic E-state index is 12.5. The van der Waals surface area contributed by atoms with Crippen molar-refractivity contribution in [3.8, 4) is 11.3 Å². The van der Waals surface area contributed by atoms with Crippen LogP contribution < -0.4 is 10.7 Å². The van der Waals surface area contributed by atoms with Gasteiger partial charge in [0.05, 0.1) is 5.39 Å². The van der Waals surface area contributed by atoms with Gasteiger partial charge in [-0.25, -0.2) is 4.79 Å². The predicted molar refractivity (Wildman–Crippen MR) is 109 cm³/mol. The minimum absolute atomic E-state index is 0.0372. The van der Waals surface area contributed by atoms with Crippen LogP contribution in [0.1, 0.15) is 29.8 Å². The summed E-state index contributed by atoms with van der Waals surface area (Å²) in [6.07, 6.45) is 0. The number of carboxylic acids is 1. The average molecular weight is 388 g/mol. The lowest BCUT2D eigenvalue weighted by Crippen LogP contribution is -2.09. The van der Waals surface area contributed by atoms with Gasteiger partial charge in [-0.1, -0.05) is 31.5 Å². The molecule has 0 saturated carbocycles. The quantitative estimate of drug-likeness (QED) is 0.676. The van der Waals surface area contributed by atoms with E-state index < -0.39 is 5.97 Å². The monoisotopic (exact) mass is 387 g/mol. The molecule has 2 aromatic carbocycles. The van der Waals surface area contributed by atoms with Crippen molar-refractivity contribution in [2.45, 2.75) is 20.8 Å². The highest BCUT2D eigenvalue weighted by atomic mass is 35.5. The normalized spacial score (nSPS) is 10.4. The Labute approximate surface area is 162 Å². The van der Waals surface area contributed by atoms with Gasteiger partial charge >= 0.3 is 5.97 Å². The van der Waals surface area contributed by atoms with Gasteiger partial charge in [0, 0.05) is 16.1 Å². The molecule has 142 valence electrons. The Morgan fingerprint density at radius 2 is 1.74 bits per heavy atom. The highest BCUT2D eigenvalue weighted by Crippen LogP contribution is 2.28. The van der Waals surface area contributed by atoms with Crippen molar-refractivity contribution in [1.82, 2.24) is 5.32 Å². The summed E-state index contributed by atoms with van der Waals surface area (Å²) in [5.74, 6) is -0.789. The molecule has 0 saturated heterocycles. The molecule has 6 heteroatoms. The zero-order valence-corrected chi connectivity index (χ0v) is 16.3.